The molecule has 0 fully saturated rings. The highest BCUT2D eigenvalue weighted by Crippen LogP contribution is 2.33. The summed E-state index contributed by atoms with van der Waals surface area (Å²) in [6.45, 7) is 2.64. The van der Waals surface area contributed by atoms with Gasteiger partial charge < -0.3 is 15.8 Å². The summed E-state index contributed by atoms with van der Waals surface area (Å²) in [6, 6.07) is 14.6. The van der Waals surface area contributed by atoms with Crippen molar-refractivity contribution in [1.29, 1.82) is 0 Å². The maximum absolute atomic E-state index is 13.1. The van der Waals surface area contributed by atoms with Crippen LogP contribution in [0, 0.1) is 0 Å². The Kier molecular flexibility index (Phi) is 7.07. The predicted octanol–water partition coefficient (Wildman–Crippen LogP) is 4.06. The number of fused-ring (bicyclic) bond motifs is 1. The number of methoxy groups -OCH3 is 1. The number of nitrogens with one attached hydrogen (secondary N) is 1. The minimum atomic E-state index is -0.274. The molecule has 3 N–H and O–H groups in total. The second-order valence-corrected chi connectivity index (χ2v) is 8.88. The molecule has 0 aliphatic heterocycles. The van der Waals surface area contributed by atoms with Gasteiger partial charge in [0.15, 0.2) is 5.16 Å². The minimum Gasteiger partial charge on any atom is -0.383 e. The third-order valence-electron chi connectivity index (χ3n) is 4.75. The van der Waals surface area contributed by atoms with Crippen LogP contribution in [0.2, 0.25) is 5.02 Å². The highest BCUT2D eigenvalue weighted by molar-refractivity contribution is 7.99. The maximum atomic E-state index is 13.1. The molecule has 0 aliphatic carbocycles. The summed E-state index contributed by atoms with van der Waals surface area (Å²) in [4.78, 5) is 30.8. The van der Waals surface area contributed by atoms with Crippen molar-refractivity contribution in [3.05, 3.63) is 69.7 Å². The molecule has 170 valence electrons. The van der Waals surface area contributed by atoms with E-state index in [9.17, 15) is 4.79 Å². The normalized spacial score (nSPS) is 12.1. The summed E-state index contributed by atoms with van der Waals surface area (Å²) in [7, 11) is 1.59. The summed E-state index contributed by atoms with van der Waals surface area (Å²) in [6.07, 6.45) is 0. The number of anilines is 3. The number of ether oxygens (including phenoxy) is 1. The van der Waals surface area contributed by atoms with E-state index in [-0.39, 0.29) is 16.8 Å². The molecule has 0 aliphatic rings. The number of halogens is 1. The fraction of sp³-hybridized carbons (Fsp3) is 0.227. The third kappa shape index (κ3) is 5.41. The molecule has 11 heteroatoms. The van der Waals surface area contributed by atoms with E-state index in [2.05, 4.69) is 20.3 Å². The zero-order valence-corrected chi connectivity index (χ0v) is 19.6. The number of hydrogen-bond donors (Lipinski definition) is 2. The van der Waals surface area contributed by atoms with Crippen molar-refractivity contribution in [2.24, 2.45) is 0 Å². The Bertz CT molecular complexity index is 1330. The standard InChI is InChI=1S/C22H22ClN7O2S/c1-13(18-27-20(24)29-21(28-18)25-15-6-4-3-5-7-15)33-22-26-17-12-14(23)8-9-16(17)19(31)30(22)10-11-32-2/h3-9,12-13H,10-11H2,1-2H3,(H3,24,25,27,28,29). The maximum Gasteiger partial charge on any atom is 0.262 e. The van der Waals surface area contributed by atoms with Gasteiger partial charge in [-0.15, -0.1) is 0 Å². The van der Waals surface area contributed by atoms with Crippen molar-refractivity contribution in [3.63, 3.8) is 0 Å². The lowest BCUT2D eigenvalue weighted by Gasteiger charge is -2.16. The van der Waals surface area contributed by atoms with E-state index in [1.807, 2.05) is 37.3 Å². The number of nitrogens with two attached hydrogens (primary N) is 1. The van der Waals surface area contributed by atoms with Gasteiger partial charge in [0.25, 0.3) is 5.56 Å². The molecule has 4 aromatic rings. The quantitative estimate of drug-likeness (QED) is 0.282. The van der Waals surface area contributed by atoms with E-state index in [0.29, 0.717) is 46.0 Å². The molecule has 1 unspecified atom stereocenters. The second kappa shape index (κ2) is 10.2. The van der Waals surface area contributed by atoms with Crippen LogP contribution in [0.3, 0.4) is 0 Å². The summed E-state index contributed by atoms with van der Waals surface area (Å²) in [5, 5.41) is 4.37. The van der Waals surface area contributed by atoms with E-state index in [0.717, 1.165) is 5.69 Å². The Labute approximate surface area is 199 Å². The van der Waals surface area contributed by atoms with Gasteiger partial charge in [-0.1, -0.05) is 41.6 Å². The van der Waals surface area contributed by atoms with Gasteiger partial charge in [-0.2, -0.15) is 15.0 Å². The monoisotopic (exact) mass is 483 g/mol. The molecule has 0 saturated carbocycles. The van der Waals surface area contributed by atoms with Gasteiger partial charge in [0.2, 0.25) is 11.9 Å². The number of nitrogens with zero attached hydrogens (tertiary/aromatic N) is 5. The van der Waals surface area contributed by atoms with Crippen molar-refractivity contribution in [1.82, 2.24) is 24.5 Å². The zero-order chi connectivity index (χ0) is 23.4. The fourth-order valence-corrected chi connectivity index (χ4v) is 4.30. The van der Waals surface area contributed by atoms with Crippen LogP contribution in [0.5, 0.6) is 0 Å². The summed E-state index contributed by atoms with van der Waals surface area (Å²) in [5.41, 5.74) is 7.13. The molecule has 4 rings (SSSR count). The highest BCUT2D eigenvalue weighted by Gasteiger charge is 2.19. The Morgan fingerprint density at radius 2 is 1.94 bits per heavy atom. The van der Waals surface area contributed by atoms with Gasteiger partial charge in [-0.25, -0.2) is 4.98 Å². The molecule has 0 spiro atoms. The van der Waals surface area contributed by atoms with Crippen LogP contribution in [0.15, 0.2) is 58.5 Å². The van der Waals surface area contributed by atoms with Gasteiger partial charge in [0.05, 0.1) is 29.3 Å². The van der Waals surface area contributed by atoms with Crippen molar-refractivity contribution >= 4 is 51.8 Å². The molecule has 0 amide bonds. The number of aromatic nitrogens is 5. The Hall–Kier alpha value is -3.21. The Morgan fingerprint density at radius 3 is 2.70 bits per heavy atom. The molecule has 9 nitrogen and oxygen atoms in total. The zero-order valence-electron chi connectivity index (χ0n) is 18.0. The number of nitrogen functional groups attached to an aromatic ring is 1. The largest absolute Gasteiger partial charge is 0.383 e. The Balaban J connectivity index is 1.68. The first-order chi connectivity index (χ1) is 15.9. The SMILES string of the molecule is COCCn1c(SC(C)c2nc(N)nc(Nc3ccccc3)n2)nc2cc(Cl)ccc2c1=O. The molecule has 0 radical (unpaired) electrons. The fourth-order valence-electron chi connectivity index (χ4n) is 3.15. The van der Waals surface area contributed by atoms with E-state index in [4.69, 9.17) is 27.1 Å². The van der Waals surface area contributed by atoms with Crippen LogP contribution in [0.25, 0.3) is 10.9 Å². The topological polar surface area (TPSA) is 121 Å². The van der Waals surface area contributed by atoms with Crippen molar-refractivity contribution in [2.45, 2.75) is 23.9 Å². The summed E-state index contributed by atoms with van der Waals surface area (Å²) >= 11 is 7.48. The number of hydrogen-bond acceptors (Lipinski definition) is 9. The molecule has 2 aromatic heterocycles. The van der Waals surface area contributed by atoms with E-state index < -0.39 is 0 Å². The average Bonchev–Trinajstić information content (AvgIpc) is 2.79. The van der Waals surface area contributed by atoms with Crippen LogP contribution in [0.1, 0.15) is 18.0 Å². The molecule has 0 bridgehead atoms. The van der Waals surface area contributed by atoms with Gasteiger partial charge in [0, 0.05) is 17.8 Å². The average molecular weight is 484 g/mol. The third-order valence-corrected chi connectivity index (χ3v) is 6.07. The first kappa shape index (κ1) is 23.0. The first-order valence-corrected chi connectivity index (χ1v) is 11.4. The van der Waals surface area contributed by atoms with Crippen LogP contribution >= 0.6 is 23.4 Å². The summed E-state index contributed by atoms with van der Waals surface area (Å²) in [5.74, 6) is 0.900. The molecular weight excluding hydrogens is 462 g/mol. The van der Waals surface area contributed by atoms with Crippen molar-refractivity contribution < 1.29 is 4.74 Å². The van der Waals surface area contributed by atoms with Gasteiger partial charge in [-0.05, 0) is 37.3 Å². The van der Waals surface area contributed by atoms with Gasteiger partial charge >= 0.3 is 0 Å². The second-order valence-electron chi connectivity index (χ2n) is 7.13. The van der Waals surface area contributed by atoms with E-state index in [1.165, 1.54) is 11.8 Å². The smallest absolute Gasteiger partial charge is 0.262 e. The summed E-state index contributed by atoms with van der Waals surface area (Å²) < 4.78 is 6.78. The van der Waals surface area contributed by atoms with Crippen LogP contribution < -0.4 is 16.6 Å². The number of para-hydroxylation sites is 1. The van der Waals surface area contributed by atoms with Crippen molar-refractivity contribution in [3.8, 4) is 0 Å². The Morgan fingerprint density at radius 1 is 1.15 bits per heavy atom. The van der Waals surface area contributed by atoms with Crippen LogP contribution in [-0.2, 0) is 11.3 Å². The van der Waals surface area contributed by atoms with Crippen LogP contribution in [0.4, 0.5) is 17.6 Å². The van der Waals surface area contributed by atoms with E-state index in [1.54, 1.807) is 29.9 Å². The van der Waals surface area contributed by atoms with Crippen LogP contribution in [-0.4, -0.2) is 38.2 Å². The lowest BCUT2D eigenvalue weighted by atomic mass is 10.2. The lowest BCUT2D eigenvalue weighted by Crippen LogP contribution is -2.25. The first-order valence-electron chi connectivity index (χ1n) is 10.1. The molecule has 0 saturated heterocycles. The van der Waals surface area contributed by atoms with Gasteiger partial charge in [-0.3, -0.25) is 9.36 Å². The predicted molar refractivity (Wildman–Crippen MR) is 131 cm³/mol. The van der Waals surface area contributed by atoms with E-state index >= 15 is 0 Å². The number of benzene rings is 2. The lowest BCUT2D eigenvalue weighted by molar-refractivity contribution is 0.183. The molecule has 33 heavy (non-hydrogen) atoms. The van der Waals surface area contributed by atoms with Crippen molar-refractivity contribution in [2.75, 3.05) is 24.8 Å². The van der Waals surface area contributed by atoms with Gasteiger partial charge in [0.1, 0.15) is 5.82 Å². The minimum absolute atomic E-state index is 0.0981. The molecule has 2 heterocycles. The molecular formula is C22H22ClN7O2S. The highest BCUT2D eigenvalue weighted by atomic mass is 35.5. The number of rotatable bonds is 8. The molecule has 1 atom stereocenters. The molecule has 2 aromatic carbocycles. The number of thioether (sulfide) groups is 1.